The average Bonchev–Trinajstić information content (AvgIpc) is 2.41. The SMILES string of the molecule is CCC(O)N(CC)CC.CCC(O)N(CC)CC.[Ni]. The Hall–Kier alpha value is 0.334. The van der Waals surface area contributed by atoms with Crippen molar-refractivity contribution in [2.24, 2.45) is 0 Å². The number of hydrogen-bond acceptors (Lipinski definition) is 4. The second kappa shape index (κ2) is 16.4. The van der Waals surface area contributed by atoms with Crippen LogP contribution in [0.4, 0.5) is 0 Å². The van der Waals surface area contributed by atoms with Gasteiger partial charge in [0.1, 0.15) is 12.5 Å². The molecule has 0 bridgehead atoms. The van der Waals surface area contributed by atoms with Gasteiger partial charge < -0.3 is 10.2 Å². The molecule has 0 saturated heterocycles. The standard InChI is InChI=1S/2C7H17NO.Ni/c2*1-4-7(9)8(5-2)6-3;/h2*7,9H,4-6H2,1-3H3;. The molecule has 0 saturated carbocycles. The summed E-state index contributed by atoms with van der Waals surface area (Å²) >= 11 is 0. The van der Waals surface area contributed by atoms with Gasteiger partial charge in [-0.15, -0.1) is 0 Å². The fourth-order valence-electron chi connectivity index (χ4n) is 1.81. The summed E-state index contributed by atoms with van der Waals surface area (Å²) in [5, 5.41) is 18.5. The Morgan fingerprint density at radius 2 is 0.842 bits per heavy atom. The van der Waals surface area contributed by atoms with Crippen LogP contribution in [0.25, 0.3) is 0 Å². The Balaban J connectivity index is -0.000000256. The molecule has 122 valence electrons. The van der Waals surface area contributed by atoms with Crippen molar-refractivity contribution >= 4 is 0 Å². The zero-order valence-electron chi connectivity index (χ0n) is 13.5. The van der Waals surface area contributed by atoms with Gasteiger partial charge in [0.15, 0.2) is 0 Å². The Labute approximate surface area is 130 Å². The number of nitrogens with zero attached hydrogens (tertiary/aromatic N) is 2. The molecule has 0 heterocycles. The molecule has 0 aromatic heterocycles. The van der Waals surface area contributed by atoms with Crippen molar-refractivity contribution in [3.05, 3.63) is 0 Å². The van der Waals surface area contributed by atoms with Crippen molar-refractivity contribution in [1.82, 2.24) is 9.80 Å². The molecule has 5 heteroatoms. The normalized spacial score (nSPS) is 13.6. The smallest absolute Gasteiger partial charge is 0.107 e. The maximum absolute atomic E-state index is 9.24. The summed E-state index contributed by atoms with van der Waals surface area (Å²) in [7, 11) is 0. The maximum Gasteiger partial charge on any atom is 0.107 e. The van der Waals surface area contributed by atoms with E-state index in [0.29, 0.717) is 0 Å². The van der Waals surface area contributed by atoms with Gasteiger partial charge in [0, 0.05) is 16.5 Å². The summed E-state index contributed by atoms with van der Waals surface area (Å²) in [6, 6.07) is 0. The average molecular weight is 321 g/mol. The molecule has 0 spiro atoms. The van der Waals surface area contributed by atoms with E-state index in [-0.39, 0.29) is 28.9 Å². The first-order valence-electron chi connectivity index (χ1n) is 7.36. The van der Waals surface area contributed by atoms with E-state index in [9.17, 15) is 10.2 Å². The van der Waals surface area contributed by atoms with E-state index >= 15 is 0 Å². The molecule has 0 aromatic carbocycles. The number of hydrogen-bond donors (Lipinski definition) is 2. The fourth-order valence-corrected chi connectivity index (χ4v) is 1.81. The third-order valence-electron chi connectivity index (χ3n) is 3.20. The summed E-state index contributed by atoms with van der Waals surface area (Å²) in [5.74, 6) is 0. The van der Waals surface area contributed by atoms with Crippen molar-refractivity contribution in [3.8, 4) is 0 Å². The molecule has 0 aliphatic carbocycles. The number of rotatable bonds is 8. The molecule has 4 nitrogen and oxygen atoms in total. The topological polar surface area (TPSA) is 46.9 Å². The monoisotopic (exact) mass is 320 g/mol. The van der Waals surface area contributed by atoms with Crippen LogP contribution in [0, 0.1) is 0 Å². The number of aliphatic hydroxyl groups is 2. The molecule has 0 aliphatic heterocycles. The van der Waals surface area contributed by atoms with Crippen molar-refractivity contribution in [1.29, 1.82) is 0 Å². The zero-order chi connectivity index (χ0) is 14.6. The molecule has 0 aliphatic rings. The summed E-state index contributed by atoms with van der Waals surface area (Å²) in [5.41, 5.74) is 0. The molecule has 2 atom stereocenters. The van der Waals surface area contributed by atoms with Crippen LogP contribution in [0.2, 0.25) is 0 Å². The molecular weight excluding hydrogens is 287 g/mol. The minimum atomic E-state index is -0.236. The Bertz CT molecular complexity index is 148. The van der Waals surface area contributed by atoms with Crippen LogP contribution in [0.3, 0.4) is 0 Å². The second-order valence-electron chi connectivity index (χ2n) is 4.22. The van der Waals surface area contributed by atoms with Gasteiger partial charge in [-0.3, -0.25) is 9.80 Å². The molecule has 0 aromatic rings. The van der Waals surface area contributed by atoms with Crippen molar-refractivity contribution in [2.45, 2.75) is 66.8 Å². The maximum atomic E-state index is 9.24. The van der Waals surface area contributed by atoms with E-state index in [1.807, 2.05) is 23.6 Å². The molecule has 2 N–H and O–H groups in total. The van der Waals surface area contributed by atoms with Crippen LogP contribution in [-0.2, 0) is 16.5 Å². The summed E-state index contributed by atoms with van der Waals surface area (Å²) < 4.78 is 0. The van der Waals surface area contributed by atoms with Crippen molar-refractivity contribution < 1.29 is 26.7 Å². The molecule has 0 fully saturated rings. The van der Waals surface area contributed by atoms with E-state index in [4.69, 9.17) is 0 Å². The second-order valence-corrected chi connectivity index (χ2v) is 4.22. The van der Waals surface area contributed by atoms with Gasteiger partial charge in [-0.1, -0.05) is 41.5 Å². The van der Waals surface area contributed by atoms with Crippen LogP contribution in [0.1, 0.15) is 54.4 Å². The Morgan fingerprint density at radius 3 is 0.895 bits per heavy atom. The first kappa shape index (κ1) is 24.4. The van der Waals surface area contributed by atoms with Gasteiger partial charge in [-0.05, 0) is 39.0 Å². The predicted molar refractivity (Wildman–Crippen MR) is 78.4 cm³/mol. The molecule has 19 heavy (non-hydrogen) atoms. The zero-order valence-corrected chi connectivity index (χ0v) is 14.5. The van der Waals surface area contributed by atoms with Gasteiger partial charge in [0.05, 0.1) is 0 Å². The van der Waals surface area contributed by atoms with E-state index in [2.05, 4.69) is 27.7 Å². The summed E-state index contributed by atoms with van der Waals surface area (Å²) in [4.78, 5) is 4.06. The predicted octanol–water partition coefficient (Wildman–Crippen LogP) is 2.11. The van der Waals surface area contributed by atoms with Gasteiger partial charge in [0.25, 0.3) is 0 Å². The first-order valence-corrected chi connectivity index (χ1v) is 7.36. The van der Waals surface area contributed by atoms with Gasteiger partial charge in [-0.2, -0.15) is 0 Å². The van der Waals surface area contributed by atoms with Gasteiger partial charge >= 0.3 is 0 Å². The van der Waals surface area contributed by atoms with Crippen LogP contribution < -0.4 is 0 Å². The third-order valence-corrected chi connectivity index (χ3v) is 3.20. The van der Waals surface area contributed by atoms with Gasteiger partial charge in [0.2, 0.25) is 0 Å². The Kier molecular flexibility index (Phi) is 21.0. The quantitative estimate of drug-likeness (QED) is 0.531. The largest absolute Gasteiger partial charge is 0.378 e. The number of aliphatic hydroxyl groups excluding tert-OH is 2. The van der Waals surface area contributed by atoms with Crippen LogP contribution in [-0.4, -0.2) is 58.6 Å². The van der Waals surface area contributed by atoms with Crippen LogP contribution in [0.5, 0.6) is 0 Å². The first-order chi connectivity index (χ1) is 8.51. The molecule has 0 radical (unpaired) electrons. The van der Waals surface area contributed by atoms with Gasteiger partial charge in [-0.25, -0.2) is 0 Å². The van der Waals surface area contributed by atoms with Crippen molar-refractivity contribution in [2.75, 3.05) is 26.2 Å². The molecule has 0 amide bonds. The summed E-state index contributed by atoms with van der Waals surface area (Å²) in [6.07, 6.45) is 1.17. The fraction of sp³-hybridized carbons (Fsp3) is 1.00. The van der Waals surface area contributed by atoms with E-state index < -0.39 is 0 Å². The molecule has 2 unspecified atom stereocenters. The minimum absolute atomic E-state index is 0. The van der Waals surface area contributed by atoms with Crippen LogP contribution in [0.15, 0.2) is 0 Å². The van der Waals surface area contributed by atoms with E-state index in [1.165, 1.54) is 0 Å². The van der Waals surface area contributed by atoms with E-state index in [1.54, 1.807) is 0 Å². The van der Waals surface area contributed by atoms with E-state index in [0.717, 1.165) is 39.0 Å². The summed E-state index contributed by atoms with van der Waals surface area (Å²) in [6.45, 7) is 16.0. The minimum Gasteiger partial charge on any atom is -0.378 e. The molecular formula is C14H34N2NiO2. The van der Waals surface area contributed by atoms with Crippen LogP contribution >= 0.6 is 0 Å². The third kappa shape index (κ3) is 11.8. The van der Waals surface area contributed by atoms with Crippen molar-refractivity contribution in [3.63, 3.8) is 0 Å². The molecule has 0 rings (SSSR count). The Morgan fingerprint density at radius 1 is 0.632 bits per heavy atom.